The van der Waals surface area contributed by atoms with Gasteiger partial charge in [-0.15, -0.1) is 0 Å². The number of aromatic nitrogens is 2. The van der Waals surface area contributed by atoms with Crippen LogP contribution in [0.2, 0.25) is 0 Å². The molecule has 2 heterocycles. The lowest BCUT2D eigenvalue weighted by atomic mass is 9.89. The van der Waals surface area contributed by atoms with Crippen LogP contribution in [0.15, 0.2) is 36.4 Å². The van der Waals surface area contributed by atoms with Gasteiger partial charge in [0.2, 0.25) is 12.8 Å². The minimum Gasteiger partial charge on any atom is -0.456 e. The van der Waals surface area contributed by atoms with Gasteiger partial charge < -0.3 is 40.7 Å². The molecule has 6 rings (SSSR count). The van der Waals surface area contributed by atoms with Gasteiger partial charge in [-0.2, -0.15) is 0 Å². The first kappa shape index (κ1) is 29.4. The highest BCUT2D eigenvalue weighted by Gasteiger charge is 2.34. The molecule has 12 nitrogen and oxygen atoms in total. The maximum Gasteiger partial charge on any atom is 0.307 e. The highest BCUT2D eigenvalue weighted by atomic mass is 16.6. The van der Waals surface area contributed by atoms with Gasteiger partial charge in [-0.05, 0) is 74.5 Å². The van der Waals surface area contributed by atoms with Crippen LogP contribution >= 0.6 is 0 Å². The van der Waals surface area contributed by atoms with Gasteiger partial charge >= 0.3 is 11.9 Å². The van der Waals surface area contributed by atoms with E-state index in [0.717, 1.165) is 57.2 Å². The number of ether oxygens (including phenoxy) is 2. The molecule has 44 heavy (non-hydrogen) atoms. The molecule has 2 aromatic carbocycles. The zero-order chi connectivity index (χ0) is 30.8. The number of amides is 2. The summed E-state index contributed by atoms with van der Waals surface area (Å²) in [7, 11) is 3.75. The Balaban J connectivity index is 1.13. The highest BCUT2D eigenvalue weighted by molar-refractivity contribution is 5.91. The van der Waals surface area contributed by atoms with Crippen molar-refractivity contribution < 1.29 is 28.7 Å². The first-order valence-electron chi connectivity index (χ1n) is 14.8. The van der Waals surface area contributed by atoms with Crippen LogP contribution in [0.3, 0.4) is 0 Å². The topological polar surface area (TPSA) is 166 Å². The summed E-state index contributed by atoms with van der Waals surface area (Å²) in [6.45, 7) is 0. The lowest BCUT2D eigenvalue weighted by Gasteiger charge is -2.29. The molecule has 0 saturated heterocycles. The number of benzene rings is 2. The molecule has 2 amide bonds. The lowest BCUT2D eigenvalue weighted by Crippen LogP contribution is -2.35. The average molecular weight is 601 g/mol. The third kappa shape index (κ3) is 5.78. The first-order chi connectivity index (χ1) is 21.4. The van der Waals surface area contributed by atoms with Crippen LogP contribution in [0, 0.1) is 0 Å². The molecule has 0 saturated carbocycles. The summed E-state index contributed by atoms with van der Waals surface area (Å²) in [5.74, 6) is -0.954. The Hall–Kier alpha value is -4.68. The zero-order valence-electron chi connectivity index (χ0n) is 24.6. The van der Waals surface area contributed by atoms with Gasteiger partial charge in [0, 0.05) is 58.1 Å². The van der Waals surface area contributed by atoms with Crippen molar-refractivity contribution in [1.82, 2.24) is 20.6 Å². The first-order valence-corrected chi connectivity index (χ1v) is 14.8. The van der Waals surface area contributed by atoms with E-state index in [2.05, 4.69) is 31.2 Å². The van der Waals surface area contributed by atoms with Crippen molar-refractivity contribution in [2.75, 3.05) is 24.7 Å². The second-order valence-corrected chi connectivity index (χ2v) is 11.4. The van der Waals surface area contributed by atoms with E-state index in [1.165, 1.54) is 0 Å². The number of fused-ring (bicyclic) bond motifs is 6. The van der Waals surface area contributed by atoms with Gasteiger partial charge in [-0.1, -0.05) is 0 Å². The Kier molecular flexibility index (Phi) is 8.36. The fourth-order valence-electron chi connectivity index (χ4n) is 6.55. The zero-order valence-corrected chi connectivity index (χ0v) is 24.6. The van der Waals surface area contributed by atoms with Crippen LogP contribution in [0.25, 0.3) is 21.8 Å². The predicted molar refractivity (Wildman–Crippen MR) is 165 cm³/mol. The lowest BCUT2D eigenvalue weighted by molar-refractivity contribution is -0.157. The summed E-state index contributed by atoms with van der Waals surface area (Å²) >= 11 is 0. The van der Waals surface area contributed by atoms with E-state index < -0.39 is 24.1 Å². The van der Waals surface area contributed by atoms with Crippen molar-refractivity contribution >= 4 is 57.9 Å². The van der Waals surface area contributed by atoms with Crippen molar-refractivity contribution in [3.05, 3.63) is 58.9 Å². The fourth-order valence-corrected chi connectivity index (χ4v) is 6.55. The number of esters is 2. The number of rotatable bonds is 11. The Morgan fingerprint density at radius 2 is 1.18 bits per heavy atom. The Morgan fingerprint density at radius 1 is 0.750 bits per heavy atom. The van der Waals surface area contributed by atoms with Gasteiger partial charge in [0.15, 0.2) is 0 Å². The average Bonchev–Trinajstić information content (AvgIpc) is 3.58. The Labute approximate surface area is 253 Å². The monoisotopic (exact) mass is 600 g/mol. The minimum absolute atomic E-state index is 0.0918. The second kappa shape index (κ2) is 12.5. The molecule has 0 aliphatic heterocycles. The molecule has 2 aromatic heterocycles. The molecular formula is C32H36N6O6. The highest BCUT2D eigenvalue weighted by Crippen LogP contribution is 2.39. The van der Waals surface area contributed by atoms with Crippen molar-refractivity contribution in [3.63, 3.8) is 0 Å². The second-order valence-electron chi connectivity index (χ2n) is 11.4. The predicted octanol–water partition coefficient (Wildman–Crippen LogP) is 3.50. The van der Waals surface area contributed by atoms with Crippen molar-refractivity contribution in [3.8, 4) is 0 Å². The van der Waals surface area contributed by atoms with Gasteiger partial charge in [0.25, 0.3) is 0 Å². The smallest absolute Gasteiger partial charge is 0.307 e. The quantitative estimate of drug-likeness (QED) is 0.112. The third-order valence-corrected chi connectivity index (χ3v) is 8.77. The number of hydrogen-bond acceptors (Lipinski definition) is 8. The molecule has 0 spiro atoms. The maximum atomic E-state index is 13.0. The molecule has 4 aromatic rings. The summed E-state index contributed by atoms with van der Waals surface area (Å²) in [5.41, 5.74) is 6.92. The molecule has 0 radical (unpaired) electrons. The number of nitrogens with one attached hydrogen (secondary N) is 6. The van der Waals surface area contributed by atoms with Crippen LogP contribution in [-0.4, -0.2) is 60.9 Å². The Bertz CT molecular complexity index is 1600. The molecule has 2 aliphatic carbocycles. The molecule has 0 bridgehead atoms. The summed E-state index contributed by atoms with van der Waals surface area (Å²) in [4.78, 5) is 54.7. The van der Waals surface area contributed by atoms with E-state index in [1.54, 1.807) is 0 Å². The van der Waals surface area contributed by atoms with Gasteiger partial charge in [-0.25, -0.2) is 0 Å². The van der Waals surface area contributed by atoms with E-state index >= 15 is 0 Å². The SMILES string of the molecule is CNC1Cc2c([nH]c3ccc(NC=O)cc23)C(OC(=O)CCC(=O)OC2CC(NC)Cc3c2[nH]c2ccc(NC=O)cc32)C1. The number of likely N-dealkylation sites (N-methyl/N-ethyl adjacent to an activating group) is 2. The molecular weight excluding hydrogens is 564 g/mol. The van der Waals surface area contributed by atoms with E-state index in [0.29, 0.717) is 37.0 Å². The minimum atomic E-state index is -0.503. The molecule has 230 valence electrons. The van der Waals surface area contributed by atoms with Crippen LogP contribution in [0.5, 0.6) is 0 Å². The molecule has 4 unspecified atom stereocenters. The van der Waals surface area contributed by atoms with Crippen molar-refractivity contribution in [2.24, 2.45) is 0 Å². The van der Waals surface area contributed by atoms with Crippen LogP contribution in [0.4, 0.5) is 11.4 Å². The Morgan fingerprint density at radius 3 is 1.57 bits per heavy atom. The van der Waals surface area contributed by atoms with Crippen LogP contribution < -0.4 is 21.3 Å². The number of aromatic amines is 2. The van der Waals surface area contributed by atoms with Crippen LogP contribution in [-0.2, 0) is 41.5 Å². The molecule has 2 aliphatic rings. The van der Waals surface area contributed by atoms with E-state index in [9.17, 15) is 19.2 Å². The molecule has 6 N–H and O–H groups in total. The molecule has 12 heteroatoms. The van der Waals surface area contributed by atoms with E-state index in [4.69, 9.17) is 9.47 Å². The summed E-state index contributed by atoms with van der Waals surface area (Å²) in [6.07, 6.45) is 2.74. The van der Waals surface area contributed by atoms with Gasteiger partial charge in [0.05, 0.1) is 24.2 Å². The van der Waals surface area contributed by atoms with E-state index in [1.807, 2.05) is 50.5 Å². The third-order valence-electron chi connectivity index (χ3n) is 8.77. The number of anilines is 2. The normalized spacial score (nSPS) is 20.9. The number of carbonyl (C=O) groups is 4. The molecule has 4 atom stereocenters. The summed E-state index contributed by atoms with van der Waals surface area (Å²) in [5, 5.41) is 13.9. The maximum absolute atomic E-state index is 13.0. The number of hydrogen-bond donors (Lipinski definition) is 6. The number of H-pyrrole nitrogens is 2. The number of carbonyl (C=O) groups excluding carboxylic acids is 4. The standard InChI is InChI=1S/C32H36N6O6/c1-33-19-11-23-21-9-17(35-15-39)3-5-25(21)37-31(23)27(13-19)43-29(41)7-8-30(42)44-28-14-20(34-2)12-24-22-10-18(36-16-40)4-6-26(22)38-32(24)28/h3-6,9-10,15-16,19-20,27-28,33-34,37-38H,7-8,11-14H2,1-2H3,(H,35,39)(H,36,40). The summed E-state index contributed by atoms with van der Waals surface area (Å²) in [6, 6.07) is 11.4. The largest absolute Gasteiger partial charge is 0.456 e. The summed E-state index contributed by atoms with van der Waals surface area (Å²) < 4.78 is 11.8. The van der Waals surface area contributed by atoms with Crippen LogP contribution in [0.1, 0.15) is 60.4 Å². The van der Waals surface area contributed by atoms with Gasteiger partial charge in [-0.3, -0.25) is 19.2 Å². The van der Waals surface area contributed by atoms with Crippen molar-refractivity contribution in [1.29, 1.82) is 0 Å². The molecule has 0 fully saturated rings. The van der Waals surface area contributed by atoms with Gasteiger partial charge in [0.1, 0.15) is 12.2 Å². The van der Waals surface area contributed by atoms with Crippen molar-refractivity contribution in [2.45, 2.75) is 62.8 Å². The fraction of sp³-hybridized carbons (Fsp3) is 0.375. The van der Waals surface area contributed by atoms with E-state index in [-0.39, 0.29) is 24.9 Å².